The molecule has 0 spiro atoms. The molecule has 1 aliphatic heterocycles. The minimum absolute atomic E-state index is 0.199. The maximum absolute atomic E-state index is 13.3. The third kappa shape index (κ3) is 3.80. The van der Waals surface area contributed by atoms with Crippen LogP contribution in [0.25, 0.3) is 0 Å². The summed E-state index contributed by atoms with van der Waals surface area (Å²) in [6, 6.07) is 6.28. The van der Waals surface area contributed by atoms with E-state index in [0.29, 0.717) is 16.6 Å². The quantitative estimate of drug-likeness (QED) is 0.879. The zero-order valence-corrected chi connectivity index (χ0v) is 14.3. The normalized spacial score (nSPS) is 24.9. The Balaban J connectivity index is 2.08. The third-order valence-electron chi connectivity index (χ3n) is 4.12. The summed E-state index contributed by atoms with van der Waals surface area (Å²) in [5.41, 5.74) is 1.40. The Morgan fingerprint density at radius 3 is 2.70 bits per heavy atom. The van der Waals surface area contributed by atoms with Crippen molar-refractivity contribution in [3.8, 4) is 0 Å². The molecule has 0 amide bonds. The Morgan fingerprint density at radius 1 is 1.40 bits per heavy atom. The molecule has 2 atom stereocenters. The summed E-state index contributed by atoms with van der Waals surface area (Å²) in [5, 5.41) is 3.63. The van der Waals surface area contributed by atoms with Gasteiger partial charge in [-0.15, -0.1) is 0 Å². The minimum atomic E-state index is -0.199. The molecule has 112 valence electrons. The molecule has 1 fully saturated rings. The molecule has 1 aromatic rings. The lowest BCUT2D eigenvalue weighted by molar-refractivity contribution is 0.0877. The van der Waals surface area contributed by atoms with E-state index in [-0.39, 0.29) is 11.2 Å². The summed E-state index contributed by atoms with van der Waals surface area (Å²) in [7, 11) is 0. The van der Waals surface area contributed by atoms with E-state index in [9.17, 15) is 4.39 Å². The van der Waals surface area contributed by atoms with Gasteiger partial charge in [0.1, 0.15) is 5.82 Å². The molecule has 1 heterocycles. The van der Waals surface area contributed by atoms with Gasteiger partial charge in [0.2, 0.25) is 0 Å². The van der Waals surface area contributed by atoms with Crippen molar-refractivity contribution in [2.24, 2.45) is 5.41 Å². The molecule has 0 aromatic heterocycles. The molecular weight excluding hydrogens is 319 g/mol. The number of benzene rings is 1. The molecule has 2 rings (SSSR count). The predicted molar refractivity (Wildman–Crippen MR) is 85.2 cm³/mol. The van der Waals surface area contributed by atoms with Crippen molar-refractivity contribution in [1.29, 1.82) is 0 Å². The van der Waals surface area contributed by atoms with Crippen molar-refractivity contribution >= 4 is 15.9 Å². The van der Waals surface area contributed by atoms with Gasteiger partial charge in [0.15, 0.2) is 0 Å². The topological polar surface area (TPSA) is 15.3 Å². The largest absolute Gasteiger partial charge is 0.311 e. The van der Waals surface area contributed by atoms with Crippen LogP contribution in [0.4, 0.5) is 4.39 Å². The summed E-state index contributed by atoms with van der Waals surface area (Å²) in [6.07, 6.45) is 0. The second kappa shape index (κ2) is 6.12. The van der Waals surface area contributed by atoms with E-state index >= 15 is 0 Å². The average Bonchev–Trinajstić information content (AvgIpc) is 2.35. The van der Waals surface area contributed by atoms with Gasteiger partial charge in [-0.25, -0.2) is 4.39 Å². The van der Waals surface area contributed by atoms with Gasteiger partial charge >= 0.3 is 0 Å². The van der Waals surface area contributed by atoms with Gasteiger partial charge < -0.3 is 5.32 Å². The van der Waals surface area contributed by atoms with E-state index in [1.54, 1.807) is 0 Å². The van der Waals surface area contributed by atoms with E-state index in [1.807, 2.05) is 12.1 Å². The van der Waals surface area contributed by atoms with Crippen LogP contribution in [0.3, 0.4) is 0 Å². The first kappa shape index (κ1) is 15.9. The average molecular weight is 343 g/mol. The van der Waals surface area contributed by atoms with Gasteiger partial charge in [-0.05, 0) is 46.0 Å². The van der Waals surface area contributed by atoms with E-state index in [1.165, 1.54) is 6.07 Å². The molecule has 20 heavy (non-hydrogen) atoms. The van der Waals surface area contributed by atoms with E-state index in [0.717, 1.165) is 25.2 Å². The van der Waals surface area contributed by atoms with Crippen molar-refractivity contribution in [2.45, 2.75) is 46.3 Å². The Hall–Kier alpha value is -0.450. The van der Waals surface area contributed by atoms with E-state index < -0.39 is 0 Å². The maximum Gasteiger partial charge on any atom is 0.137 e. The zero-order valence-electron chi connectivity index (χ0n) is 12.7. The smallest absolute Gasteiger partial charge is 0.137 e. The number of hydrogen-bond acceptors (Lipinski definition) is 2. The van der Waals surface area contributed by atoms with Crippen molar-refractivity contribution in [3.63, 3.8) is 0 Å². The molecule has 1 saturated heterocycles. The highest BCUT2D eigenvalue weighted by Crippen LogP contribution is 2.25. The molecule has 1 N–H and O–H groups in total. The lowest BCUT2D eigenvalue weighted by Crippen LogP contribution is -2.59. The summed E-state index contributed by atoms with van der Waals surface area (Å²) in [5.74, 6) is -0.199. The van der Waals surface area contributed by atoms with Crippen LogP contribution in [0.15, 0.2) is 22.7 Å². The Labute approximate surface area is 129 Å². The standard InChI is InChI=1S/C16H24BrFN2/c1-11-8-19-15(16(2,3)4)10-20(11)9-12-5-6-14(18)13(17)7-12/h5-7,11,15,19H,8-10H2,1-4H3. The molecule has 0 saturated carbocycles. The summed E-state index contributed by atoms with van der Waals surface area (Å²) < 4.78 is 13.8. The van der Waals surface area contributed by atoms with Crippen LogP contribution < -0.4 is 5.32 Å². The molecule has 2 unspecified atom stereocenters. The zero-order chi connectivity index (χ0) is 14.9. The van der Waals surface area contributed by atoms with Crippen LogP contribution in [0.1, 0.15) is 33.3 Å². The maximum atomic E-state index is 13.3. The molecule has 2 nitrogen and oxygen atoms in total. The first-order valence-corrected chi connectivity index (χ1v) is 7.98. The van der Waals surface area contributed by atoms with Gasteiger partial charge in [-0.2, -0.15) is 0 Å². The number of halogens is 2. The predicted octanol–water partition coefficient (Wildman–Crippen LogP) is 3.80. The van der Waals surface area contributed by atoms with Crippen molar-refractivity contribution in [1.82, 2.24) is 10.2 Å². The SMILES string of the molecule is CC1CNC(C(C)(C)C)CN1Cc1ccc(F)c(Br)c1. The molecule has 4 heteroatoms. The minimum Gasteiger partial charge on any atom is -0.311 e. The van der Waals surface area contributed by atoms with Crippen LogP contribution >= 0.6 is 15.9 Å². The van der Waals surface area contributed by atoms with Crippen molar-refractivity contribution in [3.05, 3.63) is 34.1 Å². The monoisotopic (exact) mass is 342 g/mol. The number of nitrogens with one attached hydrogen (secondary N) is 1. The fourth-order valence-electron chi connectivity index (χ4n) is 2.59. The van der Waals surface area contributed by atoms with E-state index in [4.69, 9.17) is 0 Å². The summed E-state index contributed by atoms with van der Waals surface area (Å²) in [4.78, 5) is 2.48. The molecular formula is C16H24BrFN2. The molecule has 0 bridgehead atoms. The molecule has 0 radical (unpaired) electrons. The second-order valence-electron chi connectivity index (χ2n) is 6.85. The molecule has 0 aliphatic carbocycles. The van der Waals surface area contributed by atoms with Crippen LogP contribution in [0, 0.1) is 11.2 Å². The third-order valence-corrected chi connectivity index (χ3v) is 4.72. The Bertz CT molecular complexity index is 470. The van der Waals surface area contributed by atoms with Gasteiger partial charge in [0.05, 0.1) is 4.47 Å². The Kier molecular flexibility index (Phi) is 4.88. The van der Waals surface area contributed by atoms with Crippen molar-refractivity contribution in [2.75, 3.05) is 13.1 Å². The van der Waals surface area contributed by atoms with Crippen LogP contribution in [0.2, 0.25) is 0 Å². The highest BCUT2D eigenvalue weighted by atomic mass is 79.9. The highest BCUT2D eigenvalue weighted by Gasteiger charge is 2.32. The van der Waals surface area contributed by atoms with Gasteiger partial charge in [0, 0.05) is 31.7 Å². The first-order valence-electron chi connectivity index (χ1n) is 7.18. The lowest BCUT2D eigenvalue weighted by Gasteiger charge is -2.44. The number of hydrogen-bond donors (Lipinski definition) is 1. The van der Waals surface area contributed by atoms with Gasteiger partial charge in [0.25, 0.3) is 0 Å². The summed E-state index contributed by atoms with van der Waals surface area (Å²) in [6.45, 7) is 12.0. The van der Waals surface area contributed by atoms with Crippen LogP contribution in [-0.2, 0) is 6.54 Å². The fraction of sp³-hybridized carbons (Fsp3) is 0.625. The van der Waals surface area contributed by atoms with Crippen LogP contribution in [0.5, 0.6) is 0 Å². The van der Waals surface area contributed by atoms with Gasteiger partial charge in [-0.3, -0.25) is 4.90 Å². The number of piperazine rings is 1. The highest BCUT2D eigenvalue weighted by molar-refractivity contribution is 9.10. The lowest BCUT2D eigenvalue weighted by atomic mass is 9.84. The Morgan fingerprint density at radius 2 is 2.10 bits per heavy atom. The number of nitrogens with zero attached hydrogens (tertiary/aromatic N) is 1. The van der Waals surface area contributed by atoms with Crippen LogP contribution in [-0.4, -0.2) is 30.1 Å². The van der Waals surface area contributed by atoms with Gasteiger partial charge in [-0.1, -0.05) is 26.8 Å². The fourth-order valence-corrected chi connectivity index (χ4v) is 3.02. The van der Waals surface area contributed by atoms with E-state index in [2.05, 4.69) is 53.8 Å². The van der Waals surface area contributed by atoms with Crippen molar-refractivity contribution < 1.29 is 4.39 Å². The molecule has 1 aliphatic rings. The first-order chi connectivity index (χ1) is 9.27. The number of rotatable bonds is 2. The second-order valence-corrected chi connectivity index (χ2v) is 7.71. The summed E-state index contributed by atoms with van der Waals surface area (Å²) >= 11 is 3.26. The molecule has 1 aromatic carbocycles.